The van der Waals surface area contributed by atoms with E-state index in [1.807, 2.05) is 105 Å². The molecule has 0 fully saturated rings. The number of rotatable bonds is 12. The van der Waals surface area contributed by atoms with E-state index in [0.717, 1.165) is 16.1 Å². The maximum atomic E-state index is 14.7. The van der Waals surface area contributed by atoms with Crippen LogP contribution in [0, 0.1) is 17.4 Å². The third-order valence-electron chi connectivity index (χ3n) is 8.83. The summed E-state index contributed by atoms with van der Waals surface area (Å²) in [4.78, 5) is 12.4. The van der Waals surface area contributed by atoms with Crippen LogP contribution in [0.4, 0.5) is 4.39 Å². The predicted molar refractivity (Wildman–Crippen MR) is 204 cm³/mol. The first kappa shape index (κ1) is 37.7. The van der Waals surface area contributed by atoms with Crippen LogP contribution in [0.25, 0.3) is 16.9 Å². The number of benzene rings is 4. The Morgan fingerprint density at radius 3 is 1.90 bits per heavy atom. The van der Waals surface area contributed by atoms with Crippen LogP contribution in [0.5, 0.6) is 0 Å². The third kappa shape index (κ3) is 8.32. The molecule has 0 bridgehead atoms. The SMILES string of the molecule is COP(=O)(C#Cc1c(C(C)C)nn(-c2ccccc2)c1-c1ccc(F)cc1)C[C@H](CC(=O)O)O[Si](c1ccccc1)(c1ccccc1)C(C)(C)C. The van der Waals surface area contributed by atoms with Gasteiger partial charge in [-0.2, -0.15) is 5.10 Å². The summed E-state index contributed by atoms with van der Waals surface area (Å²) in [5.41, 5.74) is 6.22. The molecule has 0 amide bonds. The molecular weight excluding hydrogens is 679 g/mol. The molecule has 0 radical (unpaired) electrons. The highest BCUT2D eigenvalue weighted by atomic mass is 31.2. The Morgan fingerprint density at radius 2 is 1.43 bits per heavy atom. The minimum Gasteiger partial charge on any atom is -0.481 e. The van der Waals surface area contributed by atoms with E-state index in [1.54, 1.807) is 16.8 Å². The van der Waals surface area contributed by atoms with Gasteiger partial charge in [-0.25, -0.2) is 9.07 Å². The zero-order chi connectivity index (χ0) is 36.8. The van der Waals surface area contributed by atoms with E-state index in [4.69, 9.17) is 14.0 Å². The zero-order valence-corrected chi connectivity index (χ0v) is 31.7. The third-order valence-corrected chi connectivity index (χ3v) is 15.9. The van der Waals surface area contributed by atoms with Crippen molar-refractivity contribution in [3.8, 4) is 28.5 Å². The number of nitrogens with zero attached hydrogens (tertiary/aromatic N) is 2. The van der Waals surface area contributed by atoms with Crippen molar-refractivity contribution in [3.63, 3.8) is 0 Å². The monoisotopic (exact) mass is 722 g/mol. The fourth-order valence-corrected chi connectivity index (χ4v) is 12.6. The summed E-state index contributed by atoms with van der Waals surface area (Å²) in [5, 5.41) is 16.6. The van der Waals surface area contributed by atoms with E-state index in [1.165, 1.54) is 19.2 Å². The Bertz CT molecular complexity index is 2010. The Kier molecular flexibility index (Phi) is 11.6. The highest BCUT2D eigenvalue weighted by molar-refractivity contribution is 7.64. The maximum absolute atomic E-state index is 14.7. The maximum Gasteiger partial charge on any atom is 0.305 e. The Morgan fingerprint density at radius 1 is 0.902 bits per heavy atom. The van der Waals surface area contributed by atoms with Gasteiger partial charge in [0.1, 0.15) is 5.82 Å². The molecule has 51 heavy (non-hydrogen) atoms. The molecule has 7 nitrogen and oxygen atoms in total. The molecule has 5 aromatic rings. The van der Waals surface area contributed by atoms with E-state index in [0.29, 0.717) is 22.5 Å². The van der Waals surface area contributed by atoms with Crippen LogP contribution in [0.1, 0.15) is 58.2 Å². The van der Waals surface area contributed by atoms with Gasteiger partial charge in [-0.15, -0.1) is 0 Å². The van der Waals surface area contributed by atoms with Crippen molar-refractivity contribution in [3.05, 3.63) is 132 Å². The van der Waals surface area contributed by atoms with Gasteiger partial charge in [0, 0.05) is 12.7 Å². The Hall–Kier alpha value is -4.58. The number of hydrogen-bond acceptors (Lipinski definition) is 5. The molecule has 0 spiro atoms. The molecule has 5 rings (SSSR count). The highest BCUT2D eigenvalue weighted by Gasteiger charge is 2.52. The molecule has 0 saturated heterocycles. The minimum absolute atomic E-state index is 0.0707. The first-order valence-electron chi connectivity index (χ1n) is 16.9. The largest absolute Gasteiger partial charge is 0.481 e. The molecular formula is C41H44FN2O5PSi. The van der Waals surface area contributed by atoms with Crippen molar-refractivity contribution < 1.29 is 27.8 Å². The second-order valence-corrected chi connectivity index (χ2v) is 20.3. The van der Waals surface area contributed by atoms with E-state index >= 15 is 0 Å². The summed E-state index contributed by atoms with van der Waals surface area (Å²) < 4.78 is 43.4. The van der Waals surface area contributed by atoms with Gasteiger partial charge < -0.3 is 14.1 Å². The van der Waals surface area contributed by atoms with Crippen LogP contribution in [0.2, 0.25) is 5.04 Å². The molecule has 1 N–H and O–H groups in total. The van der Waals surface area contributed by atoms with Gasteiger partial charge in [0.2, 0.25) is 0 Å². The Labute approximate surface area is 301 Å². The van der Waals surface area contributed by atoms with Crippen LogP contribution in [-0.4, -0.2) is 48.5 Å². The van der Waals surface area contributed by atoms with Gasteiger partial charge in [-0.3, -0.25) is 9.36 Å². The molecule has 0 aliphatic carbocycles. The van der Waals surface area contributed by atoms with Gasteiger partial charge in [-0.05, 0) is 63.4 Å². The molecule has 0 saturated carbocycles. The highest BCUT2D eigenvalue weighted by Crippen LogP contribution is 2.48. The fourth-order valence-electron chi connectivity index (χ4n) is 6.45. The van der Waals surface area contributed by atoms with Crippen molar-refractivity contribution in [2.45, 2.75) is 58.1 Å². The number of hydrogen-bond donors (Lipinski definition) is 1. The minimum atomic E-state index is -3.86. The lowest BCUT2D eigenvalue weighted by Gasteiger charge is -2.45. The smallest absolute Gasteiger partial charge is 0.305 e. The summed E-state index contributed by atoms with van der Waals surface area (Å²) in [7, 11) is -5.76. The van der Waals surface area contributed by atoms with Gasteiger partial charge in [-0.1, -0.05) is 119 Å². The normalized spacial score (nSPS) is 13.6. The fraction of sp³-hybridized carbons (Fsp3) is 0.268. The summed E-state index contributed by atoms with van der Waals surface area (Å²) in [6, 6.07) is 35.4. The van der Waals surface area contributed by atoms with Crippen LogP contribution in [0.15, 0.2) is 115 Å². The number of aliphatic carboxylic acids is 1. The first-order chi connectivity index (χ1) is 24.3. The second kappa shape index (κ2) is 15.8. The molecule has 264 valence electrons. The molecule has 1 aromatic heterocycles. The van der Waals surface area contributed by atoms with Crippen LogP contribution < -0.4 is 10.4 Å². The van der Waals surface area contributed by atoms with Crippen molar-refractivity contribution in [2.24, 2.45) is 0 Å². The number of para-hydroxylation sites is 1. The lowest BCUT2D eigenvalue weighted by atomic mass is 10.0. The van der Waals surface area contributed by atoms with Crippen molar-refractivity contribution in [1.29, 1.82) is 0 Å². The number of carboxylic acid groups (broad SMARTS) is 1. The van der Waals surface area contributed by atoms with Crippen LogP contribution in [-0.2, 0) is 18.3 Å². The summed E-state index contributed by atoms with van der Waals surface area (Å²) >= 11 is 0. The van der Waals surface area contributed by atoms with Gasteiger partial charge in [0.05, 0.1) is 41.3 Å². The average Bonchev–Trinajstić information content (AvgIpc) is 3.50. The van der Waals surface area contributed by atoms with Gasteiger partial charge in [0.15, 0.2) is 0 Å². The average molecular weight is 723 g/mol. The zero-order valence-electron chi connectivity index (χ0n) is 29.8. The van der Waals surface area contributed by atoms with Crippen molar-refractivity contribution >= 4 is 32.0 Å². The van der Waals surface area contributed by atoms with Crippen LogP contribution >= 0.6 is 7.37 Å². The molecule has 0 aliphatic heterocycles. The van der Waals surface area contributed by atoms with Crippen molar-refractivity contribution in [2.75, 3.05) is 13.3 Å². The lowest BCUT2D eigenvalue weighted by Crippen LogP contribution is -2.68. The molecule has 4 aromatic carbocycles. The lowest BCUT2D eigenvalue weighted by molar-refractivity contribution is -0.138. The topological polar surface area (TPSA) is 90.7 Å². The second-order valence-electron chi connectivity index (χ2n) is 13.8. The quantitative estimate of drug-likeness (QED) is 0.0790. The Balaban J connectivity index is 1.65. The first-order valence-corrected chi connectivity index (χ1v) is 20.6. The molecule has 2 atom stereocenters. The molecule has 0 aliphatic rings. The van der Waals surface area contributed by atoms with E-state index in [9.17, 15) is 18.9 Å². The summed E-state index contributed by atoms with van der Waals surface area (Å²) in [6.45, 7) is 10.3. The molecule has 1 heterocycles. The summed E-state index contributed by atoms with van der Waals surface area (Å²) in [5.74, 6) is 1.63. The summed E-state index contributed by atoms with van der Waals surface area (Å²) in [6.07, 6.45) is -1.64. The number of aromatic nitrogens is 2. The van der Waals surface area contributed by atoms with E-state index in [2.05, 4.69) is 32.4 Å². The molecule has 1 unspecified atom stereocenters. The van der Waals surface area contributed by atoms with E-state index < -0.39 is 39.2 Å². The van der Waals surface area contributed by atoms with Crippen molar-refractivity contribution in [1.82, 2.24) is 9.78 Å². The number of carbonyl (C=O) groups is 1. The number of halogens is 1. The number of carboxylic acids is 1. The van der Waals surface area contributed by atoms with Gasteiger partial charge in [0.25, 0.3) is 15.7 Å². The van der Waals surface area contributed by atoms with Crippen LogP contribution in [0.3, 0.4) is 0 Å². The van der Waals surface area contributed by atoms with E-state index in [-0.39, 0.29) is 17.9 Å². The standard InChI is InChI=1S/C41H44FN2O5PSi/c1-30(2)39-37(40(31-22-24-32(42)25-23-31)44(43-39)33-16-10-7-11-17-33)26-27-50(47,48-6)29-34(28-38(45)46)49-51(41(3,4)5,35-18-12-8-13-19-35)36-20-14-9-15-21-36/h7-25,30,34H,28-29H2,1-6H3,(H,45,46)/t34-,50?/m0/s1. The van der Waals surface area contributed by atoms with Gasteiger partial charge >= 0.3 is 5.97 Å². The predicted octanol–water partition coefficient (Wildman–Crippen LogP) is 8.46. The molecule has 10 heteroatoms.